The Bertz CT molecular complexity index is 41.9. The molecule has 2 nitrogen and oxygen atoms in total. The van der Waals surface area contributed by atoms with Crippen molar-refractivity contribution in [2.24, 2.45) is 11.5 Å². The van der Waals surface area contributed by atoms with Crippen molar-refractivity contribution in [2.75, 3.05) is 6.54 Å². The van der Waals surface area contributed by atoms with Crippen LogP contribution in [0.1, 0.15) is 6.42 Å². The molecule has 0 saturated carbocycles. The van der Waals surface area contributed by atoms with Crippen molar-refractivity contribution in [3.8, 4) is 0 Å². The molecule has 1 unspecified atom stereocenters. The van der Waals surface area contributed by atoms with E-state index in [4.69, 9.17) is 11.5 Å². The summed E-state index contributed by atoms with van der Waals surface area (Å²) in [4.78, 5) is 0. The van der Waals surface area contributed by atoms with Gasteiger partial charge in [0.15, 0.2) is 0 Å². The van der Waals surface area contributed by atoms with Crippen molar-refractivity contribution in [3.05, 3.63) is 0 Å². The van der Waals surface area contributed by atoms with Crippen molar-refractivity contribution in [2.45, 2.75) is 12.4 Å². The van der Waals surface area contributed by atoms with Gasteiger partial charge in [0.2, 0.25) is 0 Å². The molecular formula is C3H12B2N2. The zero-order valence-corrected chi connectivity index (χ0v) is 4.85. The van der Waals surface area contributed by atoms with E-state index >= 15 is 0 Å². The summed E-state index contributed by atoms with van der Waals surface area (Å²) >= 11 is 0. The van der Waals surface area contributed by atoms with Crippen LogP contribution in [0.15, 0.2) is 0 Å². The molecule has 0 heterocycles. The van der Waals surface area contributed by atoms with Crippen molar-refractivity contribution in [3.63, 3.8) is 0 Å². The lowest BCUT2D eigenvalue weighted by Crippen LogP contribution is -2.30. The van der Waals surface area contributed by atoms with Crippen molar-refractivity contribution in [1.82, 2.24) is 0 Å². The van der Waals surface area contributed by atoms with Crippen LogP contribution in [-0.4, -0.2) is 27.4 Å². The molecule has 4 N–H and O–H groups in total. The Kier molecular flexibility index (Phi) is 4.25. The monoisotopic (exact) mass is 98.1 g/mol. The highest BCUT2D eigenvalue weighted by Crippen LogP contribution is 1.76. The first-order valence-corrected chi connectivity index (χ1v) is 2.77. The van der Waals surface area contributed by atoms with E-state index in [2.05, 4.69) is 7.74 Å². The second-order valence-corrected chi connectivity index (χ2v) is 1.75. The minimum absolute atomic E-state index is 0.324. The fraction of sp³-hybridized carbons (Fsp3) is 1.00. The van der Waals surface area contributed by atoms with Crippen LogP contribution in [0, 0.1) is 0 Å². The molecule has 0 fully saturated rings. The Hall–Kier alpha value is 0.0499. The largest absolute Gasteiger partial charge is 0.336 e. The number of hydrogen-bond acceptors (Lipinski definition) is 2. The van der Waals surface area contributed by atoms with Gasteiger partial charge in [-0.05, 0) is 18.9 Å². The summed E-state index contributed by atoms with van der Waals surface area (Å²) in [5, 5.41) is 0. The maximum absolute atomic E-state index is 5.50. The SMILES string of the molecule is BBC(N)CCN. The van der Waals surface area contributed by atoms with Crippen LogP contribution in [0.4, 0.5) is 0 Å². The van der Waals surface area contributed by atoms with Gasteiger partial charge in [-0.15, -0.1) is 0 Å². The van der Waals surface area contributed by atoms with E-state index in [0.717, 1.165) is 20.1 Å². The zero-order chi connectivity index (χ0) is 5.70. The molecule has 0 aliphatic rings. The third kappa shape index (κ3) is 3.89. The Morgan fingerprint density at radius 2 is 2.29 bits per heavy atom. The maximum atomic E-state index is 5.50. The van der Waals surface area contributed by atoms with E-state index in [9.17, 15) is 0 Å². The average molecular weight is 97.8 g/mol. The van der Waals surface area contributed by atoms with Crippen LogP contribution >= 0.6 is 0 Å². The number of rotatable bonds is 3. The van der Waals surface area contributed by atoms with E-state index in [-0.39, 0.29) is 0 Å². The molecule has 40 valence electrons. The van der Waals surface area contributed by atoms with Crippen molar-refractivity contribution in [1.29, 1.82) is 0 Å². The van der Waals surface area contributed by atoms with Crippen molar-refractivity contribution < 1.29 is 0 Å². The van der Waals surface area contributed by atoms with E-state index in [1.807, 2.05) is 0 Å². The third-order valence-corrected chi connectivity index (χ3v) is 1.06. The van der Waals surface area contributed by atoms with Gasteiger partial charge < -0.3 is 11.5 Å². The summed E-state index contributed by atoms with van der Waals surface area (Å²) in [6.45, 7) is 0.717. The molecular weight excluding hydrogens is 85.7 g/mol. The third-order valence-electron chi connectivity index (χ3n) is 1.06. The molecule has 1 atom stereocenters. The predicted molar refractivity (Wildman–Crippen MR) is 37.3 cm³/mol. The minimum Gasteiger partial charge on any atom is -0.336 e. The Morgan fingerprint density at radius 3 is 2.43 bits per heavy atom. The van der Waals surface area contributed by atoms with Gasteiger partial charge in [-0.3, -0.25) is 0 Å². The maximum Gasteiger partial charge on any atom is 0.103 e. The van der Waals surface area contributed by atoms with Crippen LogP contribution in [-0.2, 0) is 0 Å². The molecule has 0 rings (SSSR count). The van der Waals surface area contributed by atoms with Gasteiger partial charge in [-0.1, -0.05) is 0 Å². The number of hydrogen-bond donors (Lipinski definition) is 2. The second-order valence-electron chi connectivity index (χ2n) is 1.75. The summed E-state index contributed by atoms with van der Waals surface area (Å²) < 4.78 is 0. The second kappa shape index (κ2) is 4.22. The van der Waals surface area contributed by atoms with Gasteiger partial charge in [0.05, 0.1) is 7.74 Å². The van der Waals surface area contributed by atoms with E-state index < -0.39 is 0 Å². The quantitative estimate of drug-likeness (QED) is 0.386. The number of nitrogens with two attached hydrogens (primary N) is 2. The first-order valence-electron chi connectivity index (χ1n) is 2.77. The van der Waals surface area contributed by atoms with Crippen LogP contribution in [0.5, 0.6) is 0 Å². The first-order chi connectivity index (χ1) is 3.31. The van der Waals surface area contributed by atoms with Gasteiger partial charge >= 0.3 is 0 Å². The highest BCUT2D eigenvalue weighted by atomic mass is 14.6. The lowest BCUT2D eigenvalue weighted by Gasteiger charge is -2.02. The molecule has 7 heavy (non-hydrogen) atoms. The molecule has 0 spiro atoms. The highest BCUT2D eigenvalue weighted by molar-refractivity contribution is 6.90. The van der Waals surface area contributed by atoms with E-state index in [1.54, 1.807) is 0 Å². The lowest BCUT2D eigenvalue weighted by atomic mass is 9.50. The lowest BCUT2D eigenvalue weighted by molar-refractivity contribution is 0.786. The summed E-state index contributed by atoms with van der Waals surface area (Å²) in [6, 6.07) is 0. The van der Waals surface area contributed by atoms with Gasteiger partial charge in [0.25, 0.3) is 0 Å². The normalized spacial score (nSPS) is 13.4. The molecule has 0 aromatic rings. The van der Waals surface area contributed by atoms with Gasteiger partial charge in [-0.2, -0.15) is 0 Å². The standard InChI is InChI=1S/C3H12B2N2/c4-5-3(7)1-2-6/h3,5H,1-2,4,6-7H2. The molecule has 0 radical (unpaired) electrons. The molecule has 0 aliphatic heterocycles. The van der Waals surface area contributed by atoms with E-state index in [1.165, 1.54) is 0 Å². The highest BCUT2D eigenvalue weighted by Gasteiger charge is 1.94. The Morgan fingerprint density at radius 1 is 1.71 bits per heavy atom. The first kappa shape index (κ1) is 7.05. The molecule has 0 amide bonds. The fourth-order valence-corrected chi connectivity index (χ4v) is 0.418. The molecule has 0 aromatic carbocycles. The van der Waals surface area contributed by atoms with Crippen LogP contribution in [0.2, 0.25) is 0 Å². The van der Waals surface area contributed by atoms with Crippen LogP contribution in [0.25, 0.3) is 0 Å². The fourth-order valence-electron chi connectivity index (χ4n) is 0.418. The molecule has 0 bridgehead atoms. The molecule has 0 saturated heterocycles. The van der Waals surface area contributed by atoms with Crippen LogP contribution in [0.3, 0.4) is 0 Å². The van der Waals surface area contributed by atoms with Gasteiger partial charge in [0, 0.05) is 0 Å². The predicted octanol–water partition coefficient (Wildman–Crippen LogP) is -2.40. The smallest absolute Gasteiger partial charge is 0.103 e. The van der Waals surface area contributed by atoms with Gasteiger partial charge in [0.1, 0.15) is 7.17 Å². The van der Waals surface area contributed by atoms with Crippen molar-refractivity contribution >= 4 is 14.9 Å². The topological polar surface area (TPSA) is 52.0 Å². The molecule has 0 aromatic heterocycles. The summed E-state index contributed by atoms with van der Waals surface area (Å²) in [5.41, 5.74) is 10.7. The molecule has 0 aliphatic carbocycles. The Labute approximate surface area is 46.3 Å². The molecule has 4 heteroatoms. The van der Waals surface area contributed by atoms with Gasteiger partial charge in [-0.25, -0.2) is 0 Å². The van der Waals surface area contributed by atoms with E-state index in [0.29, 0.717) is 5.94 Å². The average Bonchev–Trinajstić information content (AvgIpc) is 1.68. The minimum atomic E-state index is 0.324. The Balaban J connectivity index is 2.83. The zero-order valence-electron chi connectivity index (χ0n) is 4.85. The van der Waals surface area contributed by atoms with Crippen LogP contribution < -0.4 is 11.5 Å². The summed E-state index contributed by atoms with van der Waals surface area (Å²) in [7, 11) is 3.11. The summed E-state index contributed by atoms with van der Waals surface area (Å²) in [5.74, 6) is 0.324. The summed E-state index contributed by atoms with van der Waals surface area (Å²) in [6.07, 6.45) is 0.955.